The minimum Gasteiger partial charge on any atom is -0.319 e. The van der Waals surface area contributed by atoms with Gasteiger partial charge in [0.1, 0.15) is 5.82 Å². The van der Waals surface area contributed by atoms with Gasteiger partial charge in [0, 0.05) is 6.54 Å². The number of hydrogen-bond acceptors (Lipinski definition) is 3. The highest BCUT2D eigenvalue weighted by Crippen LogP contribution is 2.33. The van der Waals surface area contributed by atoms with Crippen molar-refractivity contribution in [1.82, 2.24) is 5.32 Å². The maximum absolute atomic E-state index is 13.3. The molecule has 2 rings (SSSR count). The number of ketones is 1. The van der Waals surface area contributed by atoms with Crippen LogP contribution in [0.4, 0.5) is 10.1 Å². The lowest BCUT2D eigenvalue weighted by Gasteiger charge is -2.22. The van der Waals surface area contributed by atoms with Crippen molar-refractivity contribution in [2.24, 2.45) is 5.92 Å². The number of amides is 1. The van der Waals surface area contributed by atoms with Crippen molar-refractivity contribution in [2.45, 2.75) is 13.8 Å². The van der Waals surface area contributed by atoms with E-state index >= 15 is 0 Å². The van der Waals surface area contributed by atoms with Crippen LogP contribution in [0.25, 0.3) is 0 Å². The van der Waals surface area contributed by atoms with Gasteiger partial charge in [-0.3, -0.25) is 9.59 Å². The number of rotatable bonds is 4. The Labute approximate surface area is 111 Å². The molecule has 1 aromatic carbocycles. The number of Topliss-reactive ketones (excluding diaryl/α,β-unsaturated/α-hetero) is 1. The Bertz CT molecular complexity index is 542. The number of carbonyl (C=O) groups is 2. The van der Waals surface area contributed by atoms with Crippen LogP contribution >= 0.6 is 0 Å². The topological polar surface area (TPSA) is 49.4 Å². The first-order valence-electron chi connectivity index (χ1n) is 6.26. The molecule has 4 nitrogen and oxygen atoms in total. The minimum absolute atomic E-state index is 0.180. The lowest BCUT2D eigenvalue weighted by atomic mass is 10.1. The molecule has 19 heavy (non-hydrogen) atoms. The van der Waals surface area contributed by atoms with Crippen LogP contribution in [-0.2, 0) is 4.79 Å². The molecule has 0 fully saturated rings. The fourth-order valence-corrected chi connectivity index (χ4v) is 2.51. The van der Waals surface area contributed by atoms with Gasteiger partial charge in [0.25, 0.3) is 11.7 Å². The smallest absolute Gasteiger partial charge is 0.299 e. The van der Waals surface area contributed by atoms with E-state index in [0.717, 1.165) is 12.6 Å². The van der Waals surface area contributed by atoms with E-state index in [-0.39, 0.29) is 11.5 Å². The summed E-state index contributed by atoms with van der Waals surface area (Å²) in [5.74, 6) is -1.46. The first kappa shape index (κ1) is 13.7. The molecular weight excluding hydrogens is 247 g/mol. The third-order valence-corrected chi connectivity index (χ3v) is 3.27. The fourth-order valence-electron chi connectivity index (χ4n) is 2.51. The number of nitrogens with one attached hydrogen (secondary N) is 1. The average molecular weight is 264 g/mol. The van der Waals surface area contributed by atoms with Gasteiger partial charge in [0.15, 0.2) is 0 Å². The number of aryl methyl sites for hydroxylation is 1. The molecular formula is C14H17FN2O2. The second kappa shape index (κ2) is 5.09. The van der Waals surface area contributed by atoms with E-state index in [1.54, 1.807) is 6.92 Å². The van der Waals surface area contributed by atoms with Gasteiger partial charge in [-0.1, -0.05) is 6.92 Å². The van der Waals surface area contributed by atoms with Crippen molar-refractivity contribution in [3.05, 3.63) is 29.1 Å². The normalized spacial score (nSPS) is 15.9. The Kier molecular flexibility index (Phi) is 3.66. The molecule has 1 atom stereocenters. The molecule has 1 amide bonds. The summed E-state index contributed by atoms with van der Waals surface area (Å²) >= 11 is 0. The zero-order valence-electron chi connectivity index (χ0n) is 11.3. The van der Waals surface area contributed by atoms with E-state index in [4.69, 9.17) is 0 Å². The largest absolute Gasteiger partial charge is 0.319 e. The van der Waals surface area contributed by atoms with Crippen LogP contribution in [0.1, 0.15) is 22.8 Å². The summed E-state index contributed by atoms with van der Waals surface area (Å²) in [4.78, 5) is 25.3. The summed E-state index contributed by atoms with van der Waals surface area (Å²) < 4.78 is 13.3. The van der Waals surface area contributed by atoms with E-state index in [0.29, 0.717) is 17.8 Å². The number of nitrogens with zero attached hydrogens (tertiary/aromatic N) is 1. The van der Waals surface area contributed by atoms with Crippen molar-refractivity contribution in [3.63, 3.8) is 0 Å². The number of fused-ring (bicyclic) bond motifs is 1. The molecule has 0 radical (unpaired) electrons. The number of hydrogen-bond donors (Lipinski definition) is 1. The number of halogens is 1. The van der Waals surface area contributed by atoms with Crippen LogP contribution in [0.5, 0.6) is 0 Å². The summed E-state index contributed by atoms with van der Waals surface area (Å²) in [6.45, 7) is 4.90. The number of anilines is 1. The highest BCUT2D eigenvalue weighted by atomic mass is 19.1. The van der Waals surface area contributed by atoms with E-state index < -0.39 is 17.5 Å². The maximum atomic E-state index is 13.3. The zero-order chi connectivity index (χ0) is 14.2. The third-order valence-electron chi connectivity index (χ3n) is 3.27. The molecule has 0 saturated carbocycles. The molecule has 1 aliphatic rings. The quantitative estimate of drug-likeness (QED) is 0.839. The lowest BCUT2D eigenvalue weighted by molar-refractivity contribution is -0.114. The van der Waals surface area contributed by atoms with Crippen molar-refractivity contribution >= 4 is 17.4 Å². The van der Waals surface area contributed by atoms with Crippen LogP contribution < -0.4 is 10.2 Å². The standard InChI is InChI=1S/C14H17FN2O2/c1-8(6-16-3)7-17-12-9(2)4-10(15)5-11(12)13(18)14(17)19/h4-5,8,16H,6-7H2,1-3H3. The molecule has 0 aliphatic carbocycles. The first-order valence-corrected chi connectivity index (χ1v) is 6.26. The van der Waals surface area contributed by atoms with Crippen LogP contribution in [0.15, 0.2) is 12.1 Å². The highest BCUT2D eigenvalue weighted by molar-refractivity contribution is 6.52. The summed E-state index contributed by atoms with van der Waals surface area (Å²) in [6.07, 6.45) is 0. The molecule has 0 spiro atoms. The Morgan fingerprint density at radius 3 is 2.68 bits per heavy atom. The Morgan fingerprint density at radius 2 is 2.05 bits per heavy atom. The Morgan fingerprint density at radius 1 is 1.37 bits per heavy atom. The molecule has 102 valence electrons. The van der Waals surface area contributed by atoms with Crippen LogP contribution in [0, 0.1) is 18.7 Å². The Hall–Kier alpha value is -1.75. The molecule has 0 bridgehead atoms. The van der Waals surface area contributed by atoms with Gasteiger partial charge in [-0.25, -0.2) is 4.39 Å². The van der Waals surface area contributed by atoms with Crippen molar-refractivity contribution in [1.29, 1.82) is 0 Å². The molecule has 1 aliphatic heterocycles. The molecule has 0 aromatic heterocycles. The highest BCUT2D eigenvalue weighted by Gasteiger charge is 2.37. The van der Waals surface area contributed by atoms with Gasteiger partial charge in [-0.2, -0.15) is 0 Å². The fraction of sp³-hybridized carbons (Fsp3) is 0.429. The van der Waals surface area contributed by atoms with Gasteiger partial charge in [-0.15, -0.1) is 0 Å². The third kappa shape index (κ3) is 2.38. The van der Waals surface area contributed by atoms with Gasteiger partial charge in [0.05, 0.1) is 11.3 Å². The van der Waals surface area contributed by atoms with Crippen molar-refractivity contribution < 1.29 is 14.0 Å². The summed E-state index contributed by atoms with van der Waals surface area (Å²) in [5, 5.41) is 3.03. The second-order valence-electron chi connectivity index (χ2n) is 5.03. The van der Waals surface area contributed by atoms with E-state index in [9.17, 15) is 14.0 Å². The average Bonchev–Trinajstić information content (AvgIpc) is 2.55. The number of carbonyl (C=O) groups excluding carboxylic acids is 2. The van der Waals surface area contributed by atoms with Gasteiger partial charge in [0.2, 0.25) is 0 Å². The number of benzene rings is 1. The minimum atomic E-state index is -0.616. The molecule has 1 heterocycles. The summed E-state index contributed by atoms with van der Waals surface area (Å²) in [6, 6.07) is 2.49. The van der Waals surface area contributed by atoms with Crippen molar-refractivity contribution in [3.8, 4) is 0 Å². The van der Waals surface area contributed by atoms with Gasteiger partial charge in [-0.05, 0) is 44.1 Å². The second-order valence-corrected chi connectivity index (χ2v) is 5.03. The predicted octanol–water partition coefficient (Wildman–Crippen LogP) is 1.52. The van der Waals surface area contributed by atoms with E-state index in [2.05, 4.69) is 5.32 Å². The predicted molar refractivity (Wildman–Crippen MR) is 70.9 cm³/mol. The molecule has 0 saturated heterocycles. The van der Waals surface area contributed by atoms with E-state index in [1.165, 1.54) is 11.0 Å². The van der Waals surface area contributed by atoms with Gasteiger partial charge >= 0.3 is 0 Å². The summed E-state index contributed by atoms with van der Waals surface area (Å²) in [7, 11) is 1.84. The monoisotopic (exact) mass is 264 g/mol. The Balaban J connectivity index is 2.39. The first-order chi connectivity index (χ1) is 8.95. The van der Waals surface area contributed by atoms with Crippen LogP contribution in [-0.4, -0.2) is 31.8 Å². The lowest BCUT2D eigenvalue weighted by Crippen LogP contribution is -2.36. The zero-order valence-corrected chi connectivity index (χ0v) is 11.3. The maximum Gasteiger partial charge on any atom is 0.299 e. The molecule has 1 N–H and O–H groups in total. The summed E-state index contributed by atoms with van der Waals surface area (Å²) in [5.41, 5.74) is 1.35. The molecule has 5 heteroatoms. The van der Waals surface area contributed by atoms with Crippen molar-refractivity contribution in [2.75, 3.05) is 25.0 Å². The molecule has 1 unspecified atom stereocenters. The van der Waals surface area contributed by atoms with Crippen LogP contribution in [0.3, 0.4) is 0 Å². The van der Waals surface area contributed by atoms with Crippen LogP contribution in [0.2, 0.25) is 0 Å². The SMILES string of the molecule is CNCC(C)CN1C(=O)C(=O)c2cc(F)cc(C)c21. The molecule has 1 aromatic rings. The van der Waals surface area contributed by atoms with Gasteiger partial charge < -0.3 is 10.2 Å². The van der Waals surface area contributed by atoms with E-state index in [1.807, 2.05) is 14.0 Å².